The van der Waals surface area contributed by atoms with Crippen LogP contribution >= 0.6 is 0 Å². The molecule has 2 N–H and O–H groups in total. The first-order valence-electron chi connectivity index (χ1n) is 6.75. The second kappa shape index (κ2) is 5.73. The zero-order chi connectivity index (χ0) is 15.5. The fraction of sp³-hybridized carbons (Fsp3) is 0.0588. The number of ether oxygens (including phenoxy) is 1. The quantitative estimate of drug-likeness (QED) is 0.780. The van der Waals surface area contributed by atoms with Crippen LogP contribution in [-0.2, 0) is 0 Å². The highest BCUT2D eigenvalue weighted by Crippen LogP contribution is 2.19. The van der Waals surface area contributed by atoms with E-state index in [2.05, 4.69) is 10.3 Å². The Kier molecular flexibility index (Phi) is 3.62. The van der Waals surface area contributed by atoms with Crippen molar-refractivity contribution in [2.24, 2.45) is 0 Å². The van der Waals surface area contributed by atoms with Gasteiger partial charge >= 0.3 is 0 Å². The number of hydrogen-bond acceptors (Lipinski definition) is 3. The summed E-state index contributed by atoms with van der Waals surface area (Å²) in [6.07, 6.45) is 0. The highest BCUT2D eigenvalue weighted by molar-refractivity contribution is 6.12. The average molecular weight is 294 g/mol. The SMILES string of the molecule is COc1cccc(NC(=O)c2cc(=O)[nH]c3ccccc23)c1. The number of amides is 1. The summed E-state index contributed by atoms with van der Waals surface area (Å²) in [5, 5.41) is 3.48. The number of pyridine rings is 1. The van der Waals surface area contributed by atoms with Crippen molar-refractivity contribution in [2.45, 2.75) is 0 Å². The summed E-state index contributed by atoms with van der Waals surface area (Å²) in [6.45, 7) is 0. The Labute approximate surface area is 126 Å². The molecule has 0 fully saturated rings. The van der Waals surface area contributed by atoms with Crippen LogP contribution in [0, 0.1) is 0 Å². The zero-order valence-electron chi connectivity index (χ0n) is 11.9. The van der Waals surface area contributed by atoms with Crippen LogP contribution in [0.1, 0.15) is 10.4 Å². The maximum absolute atomic E-state index is 12.5. The molecule has 0 unspecified atom stereocenters. The standard InChI is InChI=1S/C17H14N2O3/c1-22-12-6-4-5-11(9-12)18-17(21)14-10-16(20)19-15-8-3-2-7-13(14)15/h2-10H,1H3,(H,18,21)(H,19,20). The van der Waals surface area contributed by atoms with Crippen LogP contribution < -0.4 is 15.6 Å². The molecule has 0 spiro atoms. The van der Waals surface area contributed by atoms with Crippen molar-refractivity contribution in [3.8, 4) is 5.75 Å². The molecule has 1 amide bonds. The second-order valence-corrected chi connectivity index (χ2v) is 4.78. The molecule has 0 aliphatic rings. The van der Waals surface area contributed by atoms with Crippen LogP contribution in [-0.4, -0.2) is 18.0 Å². The van der Waals surface area contributed by atoms with Crippen molar-refractivity contribution in [2.75, 3.05) is 12.4 Å². The van der Waals surface area contributed by atoms with Crippen molar-refractivity contribution in [1.29, 1.82) is 0 Å². The monoisotopic (exact) mass is 294 g/mol. The lowest BCUT2D eigenvalue weighted by molar-refractivity contribution is 0.102. The molecule has 2 aromatic carbocycles. The van der Waals surface area contributed by atoms with Crippen LogP contribution in [0.25, 0.3) is 10.9 Å². The summed E-state index contributed by atoms with van der Waals surface area (Å²) in [7, 11) is 1.56. The number of H-pyrrole nitrogens is 1. The summed E-state index contributed by atoms with van der Waals surface area (Å²) in [5.74, 6) is 0.309. The van der Waals surface area contributed by atoms with E-state index < -0.39 is 0 Å². The highest BCUT2D eigenvalue weighted by atomic mass is 16.5. The number of methoxy groups -OCH3 is 1. The number of anilines is 1. The first-order chi connectivity index (χ1) is 10.7. The van der Waals surface area contributed by atoms with Crippen molar-refractivity contribution in [3.05, 3.63) is 70.5 Å². The summed E-state index contributed by atoms with van der Waals surface area (Å²) in [6, 6.07) is 15.5. The van der Waals surface area contributed by atoms with Crippen LogP contribution in [0.2, 0.25) is 0 Å². The number of aromatic amines is 1. The Morgan fingerprint density at radius 1 is 1.09 bits per heavy atom. The van der Waals surface area contributed by atoms with E-state index in [-0.39, 0.29) is 11.5 Å². The lowest BCUT2D eigenvalue weighted by atomic mass is 10.1. The Bertz CT molecular complexity index is 900. The van der Waals surface area contributed by atoms with Crippen LogP contribution in [0.4, 0.5) is 5.69 Å². The molecule has 1 heterocycles. The summed E-state index contributed by atoms with van der Waals surface area (Å²) >= 11 is 0. The van der Waals surface area contributed by atoms with Crippen molar-refractivity contribution in [3.63, 3.8) is 0 Å². The molecule has 5 heteroatoms. The summed E-state index contributed by atoms with van der Waals surface area (Å²) in [4.78, 5) is 26.9. The van der Waals surface area contributed by atoms with Gasteiger partial charge in [0.1, 0.15) is 5.75 Å². The van der Waals surface area contributed by atoms with Crippen molar-refractivity contribution >= 4 is 22.5 Å². The number of hydrogen-bond donors (Lipinski definition) is 2. The Morgan fingerprint density at radius 2 is 1.91 bits per heavy atom. The normalized spacial score (nSPS) is 10.4. The number of rotatable bonds is 3. The lowest BCUT2D eigenvalue weighted by Crippen LogP contribution is -2.16. The van der Waals surface area contributed by atoms with E-state index in [1.807, 2.05) is 12.1 Å². The molecule has 0 aliphatic heterocycles. The molecule has 5 nitrogen and oxygen atoms in total. The minimum absolute atomic E-state index is 0.311. The minimum atomic E-state index is -0.337. The largest absolute Gasteiger partial charge is 0.497 e. The highest BCUT2D eigenvalue weighted by Gasteiger charge is 2.12. The van der Waals surface area contributed by atoms with Crippen molar-refractivity contribution < 1.29 is 9.53 Å². The van der Waals surface area contributed by atoms with E-state index in [1.54, 1.807) is 43.5 Å². The average Bonchev–Trinajstić information content (AvgIpc) is 2.54. The molecule has 0 saturated carbocycles. The van der Waals surface area contributed by atoms with Gasteiger partial charge in [-0.15, -0.1) is 0 Å². The maximum atomic E-state index is 12.5. The van der Waals surface area contributed by atoms with Gasteiger partial charge in [-0.3, -0.25) is 9.59 Å². The Hall–Kier alpha value is -3.08. The van der Waals surface area contributed by atoms with E-state index in [9.17, 15) is 9.59 Å². The third-order valence-electron chi connectivity index (χ3n) is 3.32. The van der Waals surface area contributed by atoms with Gasteiger partial charge in [-0.2, -0.15) is 0 Å². The molecular weight excluding hydrogens is 280 g/mol. The van der Waals surface area contributed by atoms with E-state index in [0.717, 1.165) is 0 Å². The lowest BCUT2D eigenvalue weighted by Gasteiger charge is -2.09. The first kappa shape index (κ1) is 13.9. The number of fused-ring (bicyclic) bond motifs is 1. The van der Waals surface area contributed by atoms with Gasteiger partial charge in [0, 0.05) is 28.7 Å². The molecule has 0 saturated heterocycles. The number of aromatic nitrogens is 1. The topological polar surface area (TPSA) is 71.2 Å². The number of carbonyl (C=O) groups is 1. The van der Waals surface area contributed by atoms with E-state index in [1.165, 1.54) is 6.07 Å². The molecule has 0 atom stereocenters. The molecule has 22 heavy (non-hydrogen) atoms. The van der Waals surface area contributed by atoms with Crippen molar-refractivity contribution in [1.82, 2.24) is 4.98 Å². The number of para-hydroxylation sites is 1. The van der Waals surface area contributed by atoms with Crippen LogP contribution in [0.15, 0.2) is 59.4 Å². The Morgan fingerprint density at radius 3 is 2.73 bits per heavy atom. The van der Waals surface area contributed by atoms with E-state index in [4.69, 9.17) is 4.74 Å². The molecule has 3 rings (SSSR count). The first-order valence-corrected chi connectivity index (χ1v) is 6.75. The van der Waals surface area contributed by atoms with Gasteiger partial charge in [-0.05, 0) is 18.2 Å². The van der Waals surface area contributed by atoms with E-state index in [0.29, 0.717) is 27.9 Å². The number of benzene rings is 2. The van der Waals surface area contributed by atoms with Gasteiger partial charge in [0.25, 0.3) is 5.91 Å². The van der Waals surface area contributed by atoms with Gasteiger partial charge in [0.15, 0.2) is 0 Å². The minimum Gasteiger partial charge on any atom is -0.497 e. The zero-order valence-corrected chi connectivity index (χ0v) is 11.9. The number of nitrogens with one attached hydrogen (secondary N) is 2. The molecule has 1 aromatic heterocycles. The maximum Gasteiger partial charge on any atom is 0.256 e. The predicted molar refractivity (Wildman–Crippen MR) is 85.5 cm³/mol. The van der Waals surface area contributed by atoms with E-state index >= 15 is 0 Å². The smallest absolute Gasteiger partial charge is 0.256 e. The van der Waals surface area contributed by atoms with Crippen LogP contribution in [0.3, 0.4) is 0 Å². The molecule has 0 aliphatic carbocycles. The third-order valence-corrected chi connectivity index (χ3v) is 3.32. The molecule has 0 radical (unpaired) electrons. The summed E-state index contributed by atoms with van der Waals surface area (Å²) in [5.41, 5.74) is 1.26. The molecular formula is C17H14N2O3. The molecule has 0 bridgehead atoms. The second-order valence-electron chi connectivity index (χ2n) is 4.78. The third kappa shape index (κ3) is 2.69. The van der Waals surface area contributed by atoms with Crippen LogP contribution in [0.5, 0.6) is 5.75 Å². The molecule has 3 aromatic rings. The predicted octanol–water partition coefficient (Wildman–Crippen LogP) is 2.79. The van der Waals surface area contributed by atoms with Gasteiger partial charge in [-0.1, -0.05) is 24.3 Å². The summed E-state index contributed by atoms with van der Waals surface area (Å²) < 4.78 is 5.13. The fourth-order valence-electron chi connectivity index (χ4n) is 2.29. The Balaban J connectivity index is 2.00. The van der Waals surface area contributed by atoms with Gasteiger partial charge in [0.05, 0.1) is 12.7 Å². The number of carbonyl (C=O) groups excluding carboxylic acids is 1. The fourth-order valence-corrected chi connectivity index (χ4v) is 2.29. The van der Waals surface area contributed by atoms with Gasteiger partial charge in [-0.25, -0.2) is 0 Å². The van der Waals surface area contributed by atoms with Gasteiger partial charge < -0.3 is 15.0 Å². The van der Waals surface area contributed by atoms with Gasteiger partial charge in [0.2, 0.25) is 5.56 Å². The molecule has 110 valence electrons.